The molecule has 23 heavy (non-hydrogen) atoms. The van der Waals surface area contributed by atoms with Gasteiger partial charge in [0.1, 0.15) is 19.5 Å². The fraction of sp³-hybridized carbons (Fsp3) is 0.400. The number of nitrogens with zero attached hydrogens (tertiary/aromatic N) is 3. The third-order valence-corrected chi connectivity index (χ3v) is 3.62. The first-order valence-electron chi connectivity index (χ1n) is 7.31. The normalized spacial score (nSPS) is 13.0. The minimum absolute atomic E-state index is 0.0892. The number of rotatable bonds is 5. The molecule has 122 valence electrons. The van der Waals surface area contributed by atoms with Crippen LogP contribution in [0.25, 0.3) is 0 Å². The summed E-state index contributed by atoms with van der Waals surface area (Å²) in [5, 5.41) is 7.46. The van der Waals surface area contributed by atoms with E-state index in [-0.39, 0.29) is 12.3 Å². The number of hydrogen-bond donors (Lipinski definition) is 1. The second-order valence-electron chi connectivity index (χ2n) is 5.21. The number of carbonyl (C=O) groups excluding carboxylic acids is 1. The zero-order valence-corrected chi connectivity index (χ0v) is 13.5. The lowest BCUT2D eigenvalue weighted by Gasteiger charge is -2.20. The van der Waals surface area contributed by atoms with E-state index < -0.39 is 0 Å². The summed E-state index contributed by atoms with van der Waals surface area (Å²) < 4.78 is 12.6. The SMILES string of the molecule is Cn1cnc(CCNC(=O)Cc2cc(Cl)c3c(c2)OCCO3)n1. The summed E-state index contributed by atoms with van der Waals surface area (Å²) in [6, 6.07) is 3.52. The van der Waals surface area contributed by atoms with E-state index in [9.17, 15) is 4.79 Å². The van der Waals surface area contributed by atoms with Crippen molar-refractivity contribution in [3.63, 3.8) is 0 Å². The maximum atomic E-state index is 12.0. The van der Waals surface area contributed by atoms with Crippen molar-refractivity contribution in [3.05, 3.63) is 34.9 Å². The van der Waals surface area contributed by atoms with Crippen molar-refractivity contribution in [3.8, 4) is 11.5 Å². The summed E-state index contributed by atoms with van der Waals surface area (Å²) in [4.78, 5) is 16.1. The highest BCUT2D eigenvalue weighted by atomic mass is 35.5. The molecule has 1 aliphatic rings. The highest BCUT2D eigenvalue weighted by molar-refractivity contribution is 6.32. The monoisotopic (exact) mass is 336 g/mol. The molecule has 1 aliphatic heterocycles. The summed E-state index contributed by atoms with van der Waals surface area (Å²) in [7, 11) is 1.81. The zero-order valence-electron chi connectivity index (χ0n) is 12.7. The molecule has 0 fully saturated rings. The molecule has 0 bridgehead atoms. The van der Waals surface area contributed by atoms with Crippen molar-refractivity contribution in [2.75, 3.05) is 19.8 Å². The van der Waals surface area contributed by atoms with Crippen molar-refractivity contribution in [2.24, 2.45) is 7.05 Å². The Labute approximate surface area is 138 Å². The van der Waals surface area contributed by atoms with E-state index in [1.54, 1.807) is 30.2 Å². The first-order valence-corrected chi connectivity index (χ1v) is 7.69. The number of benzene rings is 1. The van der Waals surface area contributed by atoms with Gasteiger partial charge in [-0.25, -0.2) is 4.98 Å². The molecule has 0 saturated heterocycles. The van der Waals surface area contributed by atoms with Crippen LogP contribution in [0.4, 0.5) is 0 Å². The molecule has 1 N–H and O–H groups in total. The number of aryl methyl sites for hydroxylation is 1. The Balaban J connectivity index is 1.54. The van der Waals surface area contributed by atoms with Gasteiger partial charge in [-0.3, -0.25) is 9.48 Å². The van der Waals surface area contributed by atoms with Crippen LogP contribution < -0.4 is 14.8 Å². The summed E-state index contributed by atoms with van der Waals surface area (Å²) in [5.41, 5.74) is 0.785. The van der Waals surface area contributed by atoms with E-state index in [1.807, 2.05) is 0 Å². The van der Waals surface area contributed by atoms with Crippen molar-refractivity contribution in [2.45, 2.75) is 12.8 Å². The summed E-state index contributed by atoms with van der Waals surface area (Å²) >= 11 is 6.16. The number of aromatic nitrogens is 3. The van der Waals surface area contributed by atoms with E-state index in [0.29, 0.717) is 48.5 Å². The molecule has 2 aromatic rings. The van der Waals surface area contributed by atoms with Gasteiger partial charge in [-0.15, -0.1) is 0 Å². The molecule has 0 unspecified atom stereocenters. The van der Waals surface area contributed by atoms with Crippen LogP contribution >= 0.6 is 11.6 Å². The Morgan fingerprint density at radius 2 is 2.22 bits per heavy atom. The van der Waals surface area contributed by atoms with E-state index in [4.69, 9.17) is 21.1 Å². The standard InChI is InChI=1S/C15H17ClN4O3/c1-20-9-18-13(19-20)2-3-17-14(21)8-10-6-11(16)15-12(7-10)22-4-5-23-15/h6-7,9H,2-5,8H2,1H3,(H,17,21). The fourth-order valence-corrected chi connectivity index (χ4v) is 2.61. The number of halogens is 1. The van der Waals surface area contributed by atoms with E-state index >= 15 is 0 Å². The highest BCUT2D eigenvalue weighted by Gasteiger charge is 2.17. The average Bonchev–Trinajstić information content (AvgIpc) is 2.93. The van der Waals surface area contributed by atoms with Crippen LogP contribution in [-0.4, -0.2) is 40.4 Å². The second kappa shape index (κ2) is 6.87. The number of carbonyl (C=O) groups is 1. The van der Waals surface area contributed by atoms with Gasteiger partial charge >= 0.3 is 0 Å². The first-order chi connectivity index (χ1) is 11.1. The Bertz CT molecular complexity index is 717. The van der Waals surface area contributed by atoms with Crippen molar-refractivity contribution < 1.29 is 14.3 Å². The average molecular weight is 337 g/mol. The molecule has 3 rings (SSSR count). The Hall–Kier alpha value is -2.28. The van der Waals surface area contributed by atoms with Gasteiger partial charge in [0.2, 0.25) is 5.91 Å². The van der Waals surface area contributed by atoms with Crippen molar-refractivity contribution >= 4 is 17.5 Å². The minimum atomic E-state index is -0.0892. The van der Waals surface area contributed by atoms with Gasteiger partial charge in [-0.2, -0.15) is 5.10 Å². The quantitative estimate of drug-likeness (QED) is 0.886. The van der Waals surface area contributed by atoms with Gasteiger partial charge in [0.05, 0.1) is 11.4 Å². The summed E-state index contributed by atoms with van der Waals surface area (Å²) in [6.07, 6.45) is 2.45. The number of nitrogens with one attached hydrogen (secondary N) is 1. The van der Waals surface area contributed by atoms with Gasteiger partial charge < -0.3 is 14.8 Å². The molecule has 7 nitrogen and oxygen atoms in total. The molecular weight excluding hydrogens is 320 g/mol. The van der Waals surface area contributed by atoms with Crippen LogP contribution in [0.2, 0.25) is 5.02 Å². The number of hydrogen-bond acceptors (Lipinski definition) is 5. The van der Waals surface area contributed by atoms with Crippen LogP contribution in [0.3, 0.4) is 0 Å². The van der Waals surface area contributed by atoms with Gasteiger partial charge in [-0.05, 0) is 17.7 Å². The molecule has 0 spiro atoms. The Morgan fingerprint density at radius 3 is 3.00 bits per heavy atom. The van der Waals surface area contributed by atoms with Crippen LogP contribution in [0.5, 0.6) is 11.5 Å². The van der Waals surface area contributed by atoms with Crippen LogP contribution in [0.15, 0.2) is 18.5 Å². The lowest BCUT2D eigenvalue weighted by atomic mass is 10.1. The van der Waals surface area contributed by atoms with Gasteiger partial charge in [-0.1, -0.05) is 11.6 Å². The van der Waals surface area contributed by atoms with Gasteiger partial charge in [0.15, 0.2) is 17.3 Å². The number of amides is 1. The number of ether oxygens (including phenoxy) is 2. The van der Waals surface area contributed by atoms with E-state index in [1.165, 1.54) is 0 Å². The lowest BCUT2D eigenvalue weighted by molar-refractivity contribution is -0.120. The van der Waals surface area contributed by atoms with E-state index in [0.717, 1.165) is 5.56 Å². The number of fused-ring (bicyclic) bond motifs is 1. The molecule has 1 aromatic carbocycles. The smallest absolute Gasteiger partial charge is 0.224 e. The summed E-state index contributed by atoms with van der Waals surface area (Å²) in [6.45, 7) is 1.45. The minimum Gasteiger partial charge on any atom is -0.486 e. The molecule has 2 heterocycles. The summed E-state index contributed by atoms with van der Waals surface area (Å²) in [5.74, 6) is 1.75. The molecule has 0 aliphatic carbocycles. The third kappa shape index (κ3) is 3.92. The molecule has 0 atom stereocenters. The first kappa shape index (κ1) is 15.6. The van der Waals surface area contributed by atoms with Crippen molar-refractivity contribution in [1.29, 1.82) is 0 Å². The lowest BCUT2D eigenvalue weighted by Crippen LogP contribution is -2.27. The molecule has 1 aromatic heterocycles. The zero-order chi connectivity index (χ0) is 16.2. The van der Waals surface area contributed by atoms with Crippen molar-refractivity contribution in [1.82, 2.24) is 20.1 Å². The van der Waals surface area contributed by atoms with E-state index in [2.05, 4.69) is 15.4 Å². The maximum absolute atomic E-state index is 12.0. The highest BCUT2D eigenvalue weighted by Crippen LogP contribution is 2.38. The Kier molecular flexibility index (Phi) is 4.66. The predicted molar refractivity (Wildman–Crippen MR) is 83.9 cm³/mol. The van der Waals surface area contributed by atoms with Gasteiger partial charge in [0.25, 0.3) is 0 Å². The van der Waals surface area contributed by atoms with Crippen LogP contribution in [-0.2, 0) is 24.7 Å². The fourth-order valence-electron chi connectivity index (χ4n) is 2.33. The van der Waals surface area contributed by atoms with Crippen LogP contribution in [0, 0.1) is 0 Å². The molecule has 0 saturated carbocycles. The molecule has 1 amide bonds. The molecule has 0 radical (unpaired) electrons. The Morgan fingerprint density at radius 1 is 1.39 bits per heavy atom. The largest absolute Gasteiger partial charge is 0.486 e. The second-order valence-corrected chi connectivity index (χ2v) is 5.62. The van der Waals surface area contributed by atoms with Crippen LogP contribution in [0.1, 0.15) is 11.4 Å². The third-order valence-electron chi connectivity index (χ3n) is 3.34. The predicted octanol–water partition coefficient (Wildman–Crippen LogP) is 1.14. The molecule has 8 heteroatoms. The molecular formula is C15H17ClN4O3. The van der Waals surface area contributed by atoms with Gasteiger partial charge in [0, 0.05) is 20.0 Å². The topological polar surface area (TPSA) is 78.3 Å². The maximum Gasteiger partial charge on any atom is 0.224 e.